The minimum atomic E-state index is -0.0376. The third-order valence-electron chi connectivity index (χ3n) is 1.87. The Bertz CT molecular complexity index is 139. The third kappa shape index (κ3) is 9.48. The molecule has 4 heteroatoms. The number of ether oxygens (including phenoxy) is 2. The highest BCUT2D eigenvalue weighted by molar-refractivity contribution is 5.77. The average molecular weight is 203 g/mol. The molecule has 0 heterocycles. The molecule has 84 valence electrons. The van der Waals surface area contributed by atoms with E-state index in [0.29, 0.717) is 0 Å². The lowest BCUT2D eigenvalue weighted by atomic mass is 10.2. The van der Waals surface area contributed by atoms with E-state index in [-0.39, 0.29) is 12.5 Å². The van der Waals surface area contributed by atoms with Gasteiger partial charge in [0.2, 0.25) is 5.91 Å². The average Bonchev–Trinajstić information content (AvgIpc) is 2.17. The Labute approximate surface area is 86.0 Å². The molecule has 0 aromatic carbocycles. The minimum Gasteiger partial charge on any atom is -0.385 e. The van der Waals surface area contributed by atoms with Crippen molar-refractivity contribution in [2.24, 2.45) is 0 Å². The van der Waals surface area contributed by atoms with Crippen molar-refractivity contribution in [1.29, 1.82) is 0 Å². The molecule has 0 atom stereocenters. The zero-order valence-corrected chi connectivity index (χ0v) is 9.17. The maximum Gasteiger partial charge on any atom is 0.245 e. The molecule has 0 aliphatic carbocycles. The Morgan fingerprint density at radius 3 is 2.43 bits per heavy atom. The van der Waals surface area contributed by atoms with Crippen molar-refractivity contribution >= 4 is 5.91 Å². The van der Waals surface area contributed by atoms with Gasteiger partial charge in [0.1, 0.15) is 6.61 Å². The van der Waals surface area contributed by atoms with Gasteiger partial charge in [0.05, 0.1) is 0 Å². The summed E-state index contributed by atoms with van der Waals surface area (Å²) >= 11 is 0. The van der Waals surface area contributed by atoms with E-state index < -0.39 is 0 Å². The van der Waals surface area contributed by atoms with E-state index in [2.05, 4.69) is 10.1 Å². The molecule has 0 rings (SSSR count). The molecule has 4 nitrogen and oxygen atoms in total. The van der Waals surface area contributed by atoms with Gasteiger partial charge in [-0.3, -0.25) is 4.79 Å². The second-order valence-corrected chi connectivity index (χ2v) is 3.19. The normalized spacial score (nSPS) is 10.1. The summed E-state index contributed by atoms with van der Waals surface area (Å²) in [5.41, 5.74) is 0. The van der Waals surface area contributed by atoms with Crippen LogP contribution in [0.2, 0.25) is 0 Å². The first-order valence-electron chi connectivity index (χ1n) is 5.06. The summed E-state index contributed by atoms with van der Waals surface area (Å²) in [6, 6.07) is 0. The number of rotatable bonds is 9. The molecule has 0 saturated heterocycles. The number of methoxy groups -OCH3 is 2. The van der Waals surface area contributed by atoms with Gasteiger partial charge >= 0.3 is 0 Å². The van der Waals surface area contributed by atoms with Gasteiger partial charge in [-0.25, -0.2) is 0 Å². The fourth-order valence-electron chi connectivity index (χ4n) is 1.13. The predicted octanol–water partition coefficient (Wildman–Crippen LogP) is 0.956. The van der Waals surface area contributed by atoms with Crippen molar-refractivity contribution in [3.63, 3.8) is 0 Å². The van der Waals surface area contributed by atoms with Crippen LogP contribution in [0.4, 0.5) is 0 Å². The molecule has 0 radical (unpaired) electrons. The van der Waals surface area contributed by atoms with Crippen molar-refractivity contribution in [3.05, 3.63) is 0 Å². The summed E-state index contributed by atoms with van der Waals surface area (Å²) in [7, 11) is 3.23. The fourth-order valence-corrected chi connectivity index (χ4v) is 1.13. The lowest BCUT2D eigenvalue weighted by molar-refractivity contribution is -0.124. The molecule has 0 fully saturated rings. The van der Waals surface area contributed by atoms with E-state index in [1.165, 1.54) is 7.11 Å². The predicted molar refractivity (Wildman–Crippen MR) is 55.2 cm³/mol. The molecule has 0 bridgehead atoms. The first-order chi connectivity index (χ1) is 6.81. The van der Waals surface area contributed by atoms with Crippen LogP contribution < -0.4 is 5.32 Å². The maximum atomic E-state index is 10.9. The minimum absolute atomic E-state index is 0.0376. The molecule has 14 heavy (non-hydrogen) atoms. The van der Waals surface area contributed by atoms with E-state index in [0.717, 1.165) is 38.8 Å². The molecule has 0 aromatic rings. The number of unbranched alkanes of at least 4 members (excludes halogenated alkanes) is 3. The Hall–Kier alpha value is -0.610. The summed E-state index contributed by atoms with van der Waals surface area (Å²) in [6.45, 7) is 1.73. The Morgan fingerprint density at radius 2 is 1.79 bits per heavy atom. The molecule has 0 spiro atoms. The largest absolute Gasteiger partial charge is 0.385 e. The van der Waals surface area contributed by atoms with E-state index in [1.54, 1.807) is 7.11 Å². The van der Waals surface area contributed by atoms with Crippen LogP contribution in [0.25, 0.3) is 0 Å². The molecule has 1 amide bonds. The topological polar surface area (TPSA) is 47.6 Å². The lowest BCUT2D eigenvalue weighted by Gasteiger charge is -2.04. The van der Waals surface area contributed by atoms with Gasteiger partial charge < -0.3 is 14.8 Å². The number of carbonyl (C=O) groups excluding carboxylic acids is 1. The Balaban J connectivity index is 3.01. The van der Waals surface area contributed by atoms with Gasteiger partial charge in [-0.15, -0.1) is 0 Å². The molecule has 0 unspecified atom stereocenters. The zero-order chi connectivity index (χ0) is 10.6. The van der Waals surface area contributed by atoms with Gasteiger partial charge in [-0.05, 0) is 12.8 Å². The first-order valence-corrected chi connectivity index (χ1v) is 5.06. The second-order valence-electron chi connectivity index (χ2n) is 3.19. The third-order valence-corrected chi connectivity index (χ3v) is 1.87. The van der Waals surface area contributed by atoms with E-state index in [9.17, 15) is 4.79 Å². The standard InChI is InChI=1S/C10H21NO3/c1-13-8-6-4-3-5-7-11-10(12)9-14-2/h3-9H2,1-2H3,(H,11,12). The van der Waals surface area contributed by atoms with Crippen LogP contribution in [0.3, 0.4) is 0 Å². The van der Waals surface area contributed by atoms with Crippen LogP contribution >= 0.6 is 0 Å². The van der Waals surface area contributed by atoms with Crippen molar-refractivity contribution in [3.8, 4) is 0 Å². The van der Waals surface area contributed by atoms with E-state index in [4.69, 9.17) is 4.74 Å². The Morgan fingerprint density at radius 1 is 1.07 bits per heavy atom. The number of hydrogen-bond donors (Lipinski definition) is 1. The number of amides is 1. The molecule has 0 aliphatic rings. The van der Waals surface area contributed by atoms with Crippen LogP contribution in [0, 0.1) is 0 Å². The summed E-state index contributed by atoms with van der Waals surface area (Å²) in [5.74, 6) is -0.0376. The highest BCUT2D eigenvalue weighted by Gasteiger charge is 1.97. The lowest BCUT2D eigenvalue weighted by Crippen LogP contribution is -2.27. The van der Waals surface area contributed by atoms with E-state index in [1.807, 2.05) is 0 Å². The quantitative estimate of drug-likeness (QED) is 0.568. The summed E-state index contributed by atoms with van der Waals surface area (Å²) in [6.07, 6.45) is 4.42. The molecule has 0 aromatic heterocycles. The highest BCUT2D eigenvalue weighted by atomic mass is 16.5. The maximum absolute atomic E-state index is 10.9. The molecular weight excluding hydrogens is 182 g/mol. The van der Waals surface area contributed by atoms with Crippen LogP contribution in [-0.2, 0) is 14.3 Å². The van der Waals surface area contributed by atoms with E-state index >= 15 is 0 Å². The van der Waals surface area contributed by atoms with Gasteiger partial charge in [0.25, 0.3) is 0 Å². The molecule has 1 N–H and O–H groups in total. The van der Waals surface area contributed by atoms with Crippen LogP contribution in [0.5, 0.6) is 0 Å². The summed E-state index contributed by atoms with van der Waals surface area (Å²) in [4.78, 5) is 10.9. The smallest absolute Gasteiger partial charge is 0.245 e. The Kier molecular flexibility index (Phi) is 10.0. The van der Waals surface area contributed by atoms with Gasteiger partial charge in [0.15, 0.2) is 0 Å². The molecule has 0 aliphatic heterocycles. The van der Waals surface area contributed by atoms with Gasteiger partial charge in [0, 0.05) is 27.4 Å². The second kappa shape index (κ2) is 10.5. The monoisotopic (exact) mass is 203 g/mol. The summed E-state index contributed by atoms with van der Waals surface area (Å²) in [5, 5.41) is 2.78. The molecule has 0 saturated carbocycles. The van der Waals surface area contributed by atoms with Crippen LogP contribution in [0.1, 0.15) is 25.7 Å². The number of hydrogen-bond acceptors (Lipinski definition) is 3. The van der Waals surface area contributed by atoms with Crippen LogP contribution in [-0.4, -0.2) is 39.9 Å². The highest BCUT2D eigenvalue weighted by Crippen LogP contribution is 1.98. The van der Waals surface area contributed by atoms with Gasteiger partial charge in [-0.2, -0.15) is 0 Å². The molecular formula is C10H21NO3. The SMILES string of the molecule is COCCCCCCNC(=O)COC. The van der Waals surface area contributed by atoms with Crippen molar-refractivity contribution in [1.82, 2.24) is 5.32 Å². The number of carbonyl (C=O) groups is 1. The van der Waals surface area contributed by atoms with Crippen molar-refractivity contribution in [2.75, 3.05) is 34.0 Å². The fraction of sp³-hybridized carbons (Fsp3) is 0.900. The summed E-state index contributed by atoms with van der Waals surface area (Å²) < 4.78 is 9.62. The van der Waals surface area contributed by atoms with Gasteiger partial charge in [-0.1, -0.05) is 12.8 Å². The van der Waals surface area contributed by atoms with Crippen LogP contribution in [0.15, 0.2) is 0 Å². The van der Waals surface area contributed by atoms with Crippen molar-refractivity contribution in [2.45, 2.75) is 25.7 Å². The zero-order valence-electron chi connectivity index (χ0n) is 9.17. The first kappa shape index (κ1) is 13.4. The van der Waals surface area contributed by atoms with Crippen molar-refractivity contribution < 1.29 is 14.3 Å². The number of nitrogens with one attached hydrogen (secondary N) is 1.